The highest BCUT2D eigenvalue weighted by atomic mass is 16.1. The number of rotatable bonds is 6. The first-order chi connectivity index (χ1) is 11.6. The number of fused-ring (bicyclic) bond motifs is 1. The van der Waals surface area contributed by atoms with Gasteiger partial charge in [-0.05, 0) is 41.6 Å². The van der Waals surface area contributed by atoms with E-state index < -0.39 is 5.41 Å². The summed E-state index contributed by atoms with van der Waals surface area (Å²) >= 11 is 0. The number of azide groups is 1. The number of nitrogens with zero attached hydrogens (tertiary/aromatic N) is 4. The van der Waals surface area contributed by atoms with Crippen molar-refractivity contribution in [3.8, 4) is 0 Å². The van der Waals surface area contributed by atoms with Gasteiger partial charge in [-0.25, -0.2) is 5.01 Å². The second kappa shape index (κ2) is 7.01. The SMILES string of the molecule is [N-]=[N+]=NCCCC1(C(=O)c2ccc3ccccc3c2)CCN(N)C1. The maximum absolute atomic E-state index is 13.2. The molecule has 0 saturated carbocycles. The van der Waals surface area contributed by atoms with Crippen molar-refractivity contribution in [1.82, 2.24) is 5.01 Å². The van der Waals surface area contributed by atoms with Crippen LogP contribution in [-0.4, -0.2) is 30.4 Å². The third kappa shape index (κ3) is 3.26. The van der Waals surface area contributed by atoms with E-state index in [1.165, 1.54) is 0 Å². The molecule has 0 aromatic heterocycles. The van der Waals surface area contributed by atoms with Crippen molar-refractivity contribution in [1.29, 1.82) is 0 Å². The minimum atomic E-state index is -0.484. The Morgan fingerprint density at radius 1 is 1.29 bits per heavy atom. The van der Waals surface area contributed by atoms with Crippen molar-refractivity contribution >= 4 is 16.6 Å². The van der Waals surface area contributed by atoms with Gasteiger partial charge < -0.3 is 0 Å². The highest BCUT2D eigenvalue weighted by Gasteiger charge is 2.43. The number of benzene rings is 2. The van der Waals surface area contributed by atoms with E-state index in [0.717, 1.165) is 22.8 Å². The van der Waals surface area contributed by atoms with Crippen LogP contribution >= 0.6 is 0 Å². The van der Waals surface area contributed by atoms with Crippen molar-refractivity contribution < 1.29 is 4.79 Å². The quantitative estimate of drug-likeness (QED) is 0.219. The van der Waals surface area contributed by atoms with Crippen LogP contribution in [0.5, 0.6) is 0 Å². The third-order valence-electron chi connectivity index (χ3n) is 4.85. The Bertz CT molecular complexity index is 799. The molecule has 2 aromatic rings. The third-order valence-corrected chi connectivity index (χ3v) is 4.85. The second-order valence-corrected chi connectivity index (χ2v) is 6.45. The molecule has 1 heterocycles. The van der Waals surface area contributed by atoms with Crippen molar-refractivity contribution in [3.63, 3.8) is 0 Å². The van der Waals surface area contributed by atoms with Crippen molar-refractivity contribution in [2.45, 2.75) is 19.3 Å². The molecule has 1 saturated heterocycles. The molecule has 6 heteroatoms. The second-order valence-electron chi connectivity index (χ2n) is 6.45. The Balaban J connectivity index is 1.88. The fraction of sp³-hybridized carbons (Fsp3) is 0.389. The number of hydrogen-bond donors (Lipinski definition) is 1. The van der Waals surface area contributed by atoms with Gasteiger partial charge in [-0.3, -0.25) is 10.6 Å². The summed E-state index contributed by atoms with van der Waals surface area (Å²) in [6.07, 6.45) is 2.12. The van der Waals surface area contributed by atoms with E-state index >= 15 is 0 Å². The molecule has 1 unspecified atom stereocenters. The molecule has 0 aliphatic carbocycles. The highest BCUT2D eigenvalue weighted by Crippen LogP contribution is 2.38. The van der Waals surface area contributed by atoms with Crippen molar-refractivity contribution in [3.05, 3.63) is 58.5 Å². The fourth-order valence-electron chi connectivity index (χ4n) is 3.58. The Morgan fingerprint density at radius 2 is 2.08 bits per heavy atom. The summed E-state index contributed by atoms with van der Waals surface area (Å²) < 4.78 is 0. The van der Waals surface area contributed by atoms with E-state index in [0.29, 0.717) is 32.5 Å². The van der Waals surface area contributed by atoms with Gasteiger partial charge in [0.05, 0.1) is 0 Å². The van der Waals surface area contributed by atoms with Crippen LogP contribution in [0.4, 0.5) is 0 Å². The number of hydrogen-bond acceptors (Lipinski definition) is 4. The van der Waals surface area contributed by atoms with Crippen LogP contribution in [0.1, 0.15) is 29.6 Å². The molecule has 6 nitrogen and oxygen atoms in total. The zero-order valence-corrected chi connectivity index (χ0v) is 13.6. The molecule has 1 aliphatic heterocycles. The molecule has 0 spiro atoms. The van der Waals surface area contributed by atoms with E-state index in [4.69, 9.17) is 11.4 Å². The Hall–Kier alpha value is -2.40. The van der Waals surface area contributed by atoms with Crippen LogP contribution in [0, 0.1) is 5.41 Å². The first-order valence-corrected chi connectivity index (χ1v) is 8.19. The standard InChI is InChI=1S/C18H21N5O/c19-22-21-10-3-8-18(9-11-23(20)13-18)17(24)16-7-6-14-4-1-2-5-15(14)12-16/h1-2,4-7,12H,3,8-11,13,20H2. The molecule has 0 bridgehead atoms. The molecule has 1 aliphatic rings. The Morgan fingerprint density at radius 3 is 2.79 bits per heavy atom. The van der Waals surface area contributed by atoms with E-state index in [2.05, 4.69) is 10.0 Å². The van der Waals surface area contributed by atoms with E-state index in [1.54, 1.807) is 5.01 Å². The van der Waals surface area contributed by atoms with Crippen molar-refractivity contribution in [2.75, 3.05) is 19.6 Å². The predicted octanol–water partition coefficient (Wildman–Crippen LogP) is 3.68. The molecular weight excluding hydrogens is 302 g/mol. The maximum atomic E-state index is 13.2. The summed E-state index contributed by atoms with van der Waals surface area (Å²) in [7, 11) is 0. The number of ketones is 1. The van der Waals surface area contributed by atoms with Gasteiger partial charge in [-0.15, -0.1) is 0 Å². The summed E-state index contributed by atoms with van der Waals surface area (Å²) in [5.74, 6) is 6.09. The fourth-order valence-corrected chi connectivity index (χ4v) is 3.58. The van der Waals surface area contributed by atoms with Crippen LogP contribution in [-0.2, 0) is 0 Å². The molecule has 124 valence electrons. The molecule has 1 fully saturated rings. The number of carbonyl (C=O) groups excluding carboxylic acids is 1. The first-order valence-electron chi connectivity index (χ1n) is 8.19. The number of carbonyl (C=O) groups is 1. The number of hydrazine groups is 1. The number of Topliss-reactive ketones (excluding diaryl/α,β-unsaturated/α-hetero) is 1. The van der Waals surface area contributed by atoms with Crippen LogP contribution in [0.2, 0.25) is 0 Å². The summed E-state index contributed by atoms with van der Waals surface area (Å²) in [6.45, 7) is 1.67. The average Bonchev–Trinajstić information content (AvgIpc) is 3.00. The molecule has 0 amide bonds. The molecule has 3 rings (SSSR count). The van der Waals surface area contributed by atoms with Crippen LogP contribution < -0.4 is 5.84 Å². The van der Waals surface area contributed by atoms with Crippen LogP contribution in [0.25, 0.3) is 21.2 Å². The van der Waals surface area contributed by atoms with Gasteiger partial charge in [0.1, 0.15) is 0 Å². The Kier molecular flexibility index (Phi) is 4.81. The van der Waals surface area contributed by atoms with Crippen LogP contribution in [0.15, 0.2) is 47.6 Å². The van der Waals surface area contributed by atoms with Gasteiger partial charge in [0, 0.05) is 35.5 Å². The summed E-state index contributed by atoms with van der Waals surface area (Å²) in [5.41, 5.74) is 8.66. The Labute approximate surface area is 140 Å². The topological polar surface area (TPSA) is 95.1 Å². The minimum absolute atomic E-state index is 0.141. The maximum Gasteiger partial charge on any atom is 0.170 e. The van der Waals surface area contributed by atoms with Gasteiger partial charge in [-0.1, -0.05) is 41.5 Å². The zero-order valence-electron chi connectivity index (χ0n) is 13.6. The first kappa shape index (κ1) is 16.5. The lowest BCUT2D eigenvalue weighted by atomic mass is 9.75. The van der Waals surface area contributed by atoms with Gasteiger partial charge in [0.25, 0.3) is 0 Å². The predicted molar refractivity (Wildman–Crippen MR) is 94.3 cm³/mol. The molecular formula is C18H21N5O. The van der Waals surface area contributed by atoms with E-state index in [-0.39, 0.29) is 5.78 Å². The smallest absolute Gasteiger partial charge is 0.170 e. The highest BCUT2D eigenvalue weighted by molar-refractivity contribution is 6.03. The largest absolute Gasteiger partial charge is 0.294 e. The molecule has 2 N–H and O–H groups in total. The van der Waals surface area contributed by atoms with E-state index in [1.807, 2.05) is 42.5 Å². The molecule has 1 atom stereocenters. The van der Waals surface area contributed by atoms with Crippen molar-refractivity contribution in [2.24, 2.45) is 16.4 Å². The van der Waals surface area contributed by atoms with Gasteiger partial charge >= 0.3 is 0 Å². The number of nitrogens with two attached hydrogens (primary N) is 1. The molecule has 2 aromatic carbocycles. The summed E-state index contributed by atoms with van der Waals surface area (Å²) in [6, 6.07) is 13.9. The average molecular weight is 323 g/mol. The minimum Gasteiger partial charge on any atom is -0.294 e. The lowest BCUT2D eigenvalue weighted by Crippen LogP contribution is -2.37. The van der Waals surface area contributed by atoms with Gasteiger partial charge in [0.2, 0.25) is 0 Å². The molecule has 24 heavy (non-hydrogen) atoms. The lowest BCUT2D eigenvalue weighted by molar-refractivity contribution is 0.0781. The lowest BCUT2D eigenvalue weighted by Gasteiger charge is -2.27. The monoisotopic (exact) mass is 323 g/mol. The molecule has 0 radical (unpaired) electrons. The van der Waals surface area contributed by atoms with Gasteiger partial charge in [0.15, 0.2) is 5.78 Å². The zero-order chi connectivity index (χ0) is 17.0. The van der Waals surface area contributed by atoms with Gasteiger partial charge in [-0.2, -0.15) is 0 Å². The summed E-state index contributed by atoms with van der Waals surface area (Å²) in [5, 5.41) is 7.48. The van der Waals surface area contributed by atoms with Crippen LogP contribution in [0.3, 0.4) is 0 Å². The van der Waals surface area contributed by atoms with E-state index in [9.17, 15) is 4.79 Å². The normalized spacial score (nSPS) is 20.9. The summed E-state index contributed by atoms with van der Waals surface area (Å²) in [4.78, 5) is 16.0.